The van der Waals surface area contributed by atoms with Gasteiger partial charge < -0.3 is 4.74 Å². The van der Waals surface area contributed by atoms with Gasteiger partial charge in [0.2, 0.25) is 0 Å². The fourth-order valence-electron chi connectivity index (χ4n) is 4.12. The van der Waals surface area contributed by atoms with Gasteiger partial charge in [0.25, 0.3) is 0 Å². The van der Waals surface area contributed by atoms with Crippen LogP contribution in [-0.4, -0.2) is 7.11 Å². The molecule has 1 nitrogen and oxygen atoms in total. The van der Waals surface area contributed by atoms with Crippen LogP contribution in [0.1, 0.15) is 70.7 Å². The molecule has 0 fully saturated rings. The van der Waals surface area contributed by atoms with E-state index in [1.165, 1.54) is 39.0 Å². The first-order valence-electron chi connectivity index (χ1n) is 9.55. The van der Waals surface area contributed by atoms with Crippen LogP contribution in [0.2, 0.25) is 0 Å². The summed E-state index contributed by atoms with van der Waals surface area (Å²) < 4.78 is 6.02. The zero-order chi connectivity index (χ0) is 19.3. The normalized spacial score (nSPS) is 14.2. The Morgan fingerprint density at radius 2 is 1.54 bits per heavy atom. The van der Waals surface area contributed by atoms with E-state index >= 15 is 0 Å². The molecule has 1 aliphatic carbocycles. The molecular formula is C25H32O. The molecule has 0 unspecified atom stereocenters. The summed E-state index contributed by atoms with van der Waals surface area (Å²) in [4.78, 5) is 0. The summed E-state index contributed by atoms with van der Waals surface area (Å²) in [5.74, 6) is 1.04. The first-order chi connectivity index (χ1) is 12.0. The maximum atomic E-state index is 6.02. The van der Waals surface area contributed by atoms with Crippen molar-refractivity contribution in [2.45, 2.75) is 65.7 Å². The second-order valence-electron chi connectivity index (χ2n) is 9.61. The largest absolute Gasteiger partial charge is 0.496 e. The van der Waals surface area contributed by atoms with Gasteiger partial charge in [-0.2, -0.15) is 0 Å². The lowest BCUT2D eigenvalue weighted by Gasteiger charge is -2.31. The molecular weight excluding hydrogens is 316 g/mol. The first-order valence-corrected chi connectivity index (χ1v) is 9.55. The summed E-state index contributed by atoms with van der Waals surface area (Å²) >= 11 is 0. The predicted molar refractivity (Wildman–Crippen MR) is 113 cm³/mol. The van der Waals surface area contributed by atoms with Gasteiger partial charge in [-0.05, 0) is 52.0 Å². The standard InChI is InChI=1S/C25H32O/c1-16-14-17-10-9-11-18(20(17)15-16)19-12-13-21(24(2,3)4)23(26-8)22(19)25(5,6)7/h9-13,15H,14H2,1-8H3. The molecule has 0 amide bonds. The Labute approximate surface area is 159 Å². The Kier molecular flexibility index (Phi) is 4.55. The van der Waals surface area contributed by atoms with Crippen molar-refractivity contribution in [3.63, 3.8) is 0 Å². The molecule has 1 heteroatoms. The third-order valence-corrected chi connectivity index (χ3v) is 5.27. The highest BCUT2D eigenvalue weighted by Crippen LogP contribution is 2.46. The van der Waals surface area contributed by atoms with Gasteiger partial charge in [0, 0.05) is 5.56 Å². The van der Waals surface area contributed by atoms with Crippen LogP contribution in [-0.2, 0) is 17.3 Å². The Morgan fingerprint density at radius 1 is 0.846 bits per heavy atom. The van der Waals surface area contributed by atoms with E-state index in [2.05, 4.69) is 84.9 Å². The number of hydrogen-bond acceptors (Lipinski definition) is 1. The van der Waals surface area contributed by atoms with Crippen LogP contribution in [0.25, 0.3) is 17.2 Å². The van der Waals surface area contributed by atoms with Crippen molar-refractivity contribution in [1.82, 2.24) is 0 Å². The number of benzene rings is 2. The van der Waals surface area contributed by atoms with E-state index in [0.29, 0.717) is 0 Å². The summed E-state index contributed by atoms with van der Waals surface area (Å²) in [5, 5.41) is 0. The Balaban J connectivity index is 2.36. The zero-order valence-electron chi connectivity index (χ0n) is 17.6. The minimum Gasteiger partial charge on any atom is -0.496 e. The lowest BCUT2D eigenvalue weighted by molar-refractivity contribution is 0.382. The Morgan fingerprint density at radius 3 is 2.12 bits per heavy atom. The van der Waals surface area contributed by atoms with Crippen molar-refractivity contribution in [2.75, 3.05) is 7.11 Å². The topological polar surface area (TPSA) is 9.23 Å². The smallest absolute Gasteiger partial charge is 0.126 e. The molecule has 0 atom stereocenters. The summed E-state index contributed by atoms with van der Waals surface area (Å²) in [5.41, 5.74) is 9.46. The third kappa shape index (κ3) is 3.20. The number of rotatable bonds is 2. The molecule has 0 N–H and O–H groups in total. The number of methoxy groups -OCH3 is 1. The second-order valence-corrected chi connectivity index (χ2v) is 9.61. The number of hydrogen-bond donors (Lipinski definition) is 0. The van der Waals surface area contributed by atoms with Crippen LogP contribution >= 0.6 is 0 Å². The Bertz CT molecular complexity index is 870. The SMILES string of the molecule is COc1c(C(C)(C)C)ccc(-c2cccc3c2C=C(C)C3)c1C(C)(C)C. The van der Waals surface area contributed by atoms with E-state index in [4.69, 9.17) is 4.74 Å². The van der Waals surface area contributed by atoms with E-state index in [-0.39, 0.29) is 10.8 Å². The van der Waals surface area contributed by atoms with Crippen molar-refractivity contribution in [1.29, 1.82) is 0 Å². The molecule has 0 radical (unpaired) electrons. The van der Waals surface area contributed by atoms with Crippen LogP contribution in [0.5, 0.6) is 5.75 Å². The van der Waals surface area contributed by atoms with Gasteiger partial charge in [-0.25, -0.2) is 0 Å². The van der Waals surface area contributed by atoms with Crippen molar-refractivity contribution in [3.05, 3.63) is 58.2 Å². The van der Waals surface area contributed by atoms with Crippen LogP contribution in [0.4, 0.5) is 0 Å². The minimum absolute atomic E-state index is 0.0119. The molecule has 3 rings (SSSR count). The van der Waals surface area contributed by atoms with E-state index in [9.17, 15) is 0 Å². The van der Waals surface area contributed by atoms with Crippen molar-refractivity contribution in [2.24, 2.45) is 0 Å². The molecule has 0 aliphatic heterocycles. The number of allylic oxidation sites excluding steroid dienone is 1. The highest BCUT2D eigenvalue weighted by molar-refractivity contribution is 5.84. The first kappa shape index (κ1) is 18.8. The van der Waals surface area contributed by atoms with Gasteiger partial charge in [0.05, 0.1) is 7.11 Å². The van der Waals surface area contributed by atoms with Crippen molar-refractivity contribution in [3.8, 4) is 16.9 Å². The highest BCUT2D eigenvalue weighted by Gasteiger charge is 2.30. The molecule has 0 saturated carbocycles. The lowest BCUT2D eigenvalue weighted by atomic mass is 9.75. The number of ether oxygens (including phenoxy) is 1. The van der Waals surface area contributed by atoms with Gasteiger partial charge >= 0.3 is 0 Å². The van der Waals surface area contributed by atoms with Gasteiger partial charge in [0.1, 0.15) is 5.75 Å². The van der Waals surface area contributed by atoms with Gasteiger partial charge in [-0.3, -0.25) is 0 Å². The van der Waals surface area contributed by atoms with E-state index in [1.54, 1.807) is 0 Å². The Hall–Kier alpha value is -2.02. The van der Waals surface area contributed by atoms with Crippen LogP contribution < -0.4 is 4.74 Å². The summed E-state index contributed by atoms with van der Waals surface area (Å²) in [6.45, 7) is 15.8. The quantitative estimate of drug-likeness (QED) is 0.572. The molecule has 0 aromatic heterocycles. The lowest BCUT2D eigenvalue weighted by Crippen LogP contribution is -2.20. The maximum absolute atomic E-state index is 6.02. The maximum Gasteiger partial charge on any atom is 0.126 e. The fourth-order valence-corrected chi connectivity index (χ4v) is 4.12. The average Bonchev–Trinajstić information content (AvgIpc) is 2.91. The van der Waals surface area contributed by atoms with Crippen LogP contribution in [0.3, 0.4) is 0 Å². The summed E-state index contributed by atoms with van der Waals surface area (Å²) in [6, 6.07) is 11.3. The molecule has 1 aliphatic rings. The van der Waals surface area contributed by atoms with Gasteiger partial charge in [0.15, 0.2) is 0 Å². The summed E-state index contributed by atoms with van der Waals surface area (Å²) in [7, 11) is 1.81. The molecule has 138 valence electrons. The minimum atomic E-state index is -0.0119. The predicted octanol–water partition coefficient (Wildman–Crippen LogP) is 6.92. The molecule has 0 spiro atoms. The molecule has 2 aromatic carbocycles. The van der Waals surface area contributed by atoms with Crippen molar-refractivity contribution < 1.29 is 4.74 Å². The van der Waals surface area contributed by atoms with Crippen LogP contribution in [0, 0.1) is 0 Å². The van der Waals surface area contributed by atoms with Gasteiger partial charge in [-0.1, -0.05) is 83.5 Å². The van der Waals surface area contributed by atoms with E-state index in [0.717, 1.165) is 12.2 Å². The highest BCUT2D eigenvalue weighted by atomic mass is 16.5. The average molecular weight is 349 g/mol. The second kappa shape index (κ2) is 6.30. The molecule has 0 bridgehead atoms. The number of fused-ring (bicyclic) bond motifs is 1. The molecule has 0 heterocycles. The molecule has 0 saturated heterocycles. The molecule has 26 heavy (non-hydrogen) atoms. The third-order valence-electron chi connectivity index (χ3n) is 5.27. The van der Waals surface area contributed by atoms with Gasteiger partial charge in [-0.15, -0.1) is 0 Å². The van der Waals surface area contributed by atoms with E-state index in [1.807, 2.05) is 7.11 Å². The zero-order valence-corrected chi connectivity index (χ0v) is 17.6. The monoisotopic (exact) mass is 348 g/mol. The summed E-state index contributed by atoms with van der Waals surface area (Å²) in [6.07, 6.45) is 3.41. The fraction of sp³-hybridized carbons (Fsp3) is 0.440. The van der Waals surface area contributed by atoms with Crippen molar-refractivity contribution >= 4 is 6.08 Å². The van der Waals surface area contributed by atoms with Crippen LogP contribution in [0.15, 0.2) is 35.9 Å². The van der Waals surface area contributed by atoms with E-state index < -0.39 is 0 Å². The molecule has 2 aromatic rings.